The Labute approximate surface area is 139 Å². The molecule has 0 saturated carbocycles. The van der Waals surface area contributed by atoms with Crippen molar-refractivity contribution in [3.05, 3.63) is 48.5 Å². The molecule has 1 atom stereocenters. The Bertz CT molecular complexity index is 682. The molecule has 3 rings (SSSR count). The molecule has 0 fully saturated rings. The zero-order chi connectivity index (χ0) is 16.8. The molecule has 2 aromatic rings. The summed E-state index contributed by atoms with van der Waals surface area (Å²) in [5.74, 6) is 2.13. The van der Waals surface area contributed by atoms with Gasteiger partial charge in [0.2, 0.25) is 6.10 Å². The van der Waals surface area contributed by atoms with Crippen molar-refractivity contribution in [3.8, 4) is 23.0 Å². The number of hydrogen-bond donors (Lipinski definition) is 0. The zero-order valence-electron chi connectivity index (χ0n) is 13.3. The van der Waals surface area contributed by atoms with Crippen LogP contribution in [0.4, 0.5) is 0 Å². The number of benzene rings is 2. The third-order valence-corrected chi connectivity index (χ3v) is 3.43. The number of rotatable bonds is 6. The standard InChI is InChI=1S/C18H18O6/c1-20-13-6-8-14(9-7-13)21-10-11-22-18(19)17-12-23-15-4-2-3-5-16(15)24-17/h2-9,17H,10-12H2,1H3. The van der Waals surface area contributed by atoms with Crippen LogP contribution in [0, 0.1) is 0 Å². The predicted octanol–water partition coefficient (Wildman–Crippen LogP) is 2.46. The van der Waals surface area contributed by atoms with E-state index >= 15 is 0 Å². The monoisotopic (exact) mass is 330 g/mol. The minimum atomic E-state index is -0.763. The molecule has 1 heterocycles. The second-order valence-electron chi connectivity index (χ2n) is 5.06. The van der Waals surface area contributed by atoms with Crippen molar-refractivity contribution in [3.63, 3.8) is 0 Å². The molecule has 2 aromatic carbocycles. The van der Waals surface area contributed by atoms with Gasteiger partial charge >= 0.3 is 5.97 Å². The van der Waals surface area contributed by atoms with E-state index in [9.17, 15) is 4.79 Å². The molecule has 126 valence electrons. The third kappa shape index (κ3) is 3.90. The molecule has 0 N–H and O–H groups in total. The Kier molecular flexibility index (Phi) is 5.05. The van der Waals surface area contributed by atoms with E-state index in [-0.39, 0.29) is 19.8 Å². The van der Waals surface area contributed by atoms with E-state index in [4.69, 9.17) is 23.7 Å². The van der Waals surface area contributed by atoms with Crippen LogP contribution in [0.2, 0.25) is 0 Å². The van der Waals surface area contributed by atoms with Crippen molar-refractivity contribution in [1.29, 1.82) is 0 Å². The molecule has 0 bridgehead atoms. The largest absolute Gasteiger partial charge is 0.497 e. The average molecular weight is 330 g/mol. The lowest BCUT2D eigenvalue weighted by Gasteiger charge is -2.24. The third-order valence-electron chi connectivity index (χ3n) is 3.43. The molecule has 0 aromatic heterocycles. The van der Waals surface area contributed by atoms with Crippen LogP contribution in [0.5, 0.6) is 23.0 Å². The highest BCUT2D eigenvalue weighted by atomic mass is 16.6. The van der Waals surface area contributed by atoms with Gasteiger partial charge in [-0.25, -0.2) is 4.79 Å². The molecular formula is C18H18O6. The smallest absolute Gasteiger partial charge is 0.351 e. The molecule has 6 heteroatoms. The molecule has 0 aliphatic carbocycles. The maximum atomic E-state index is 12.0. The van der Waals surface area contributed by atoms with E-state index in [0.29, 0.717) is 17.2 Å². The number of ether oxygens (including phenoxy) is 5. The number of carbonyl (C=O) groups is 1. The Morgan fingerprint density at radius 3 is 2.50 bits per heavy atom. The Balaban J connectivity index is 1.41. The van der Waals surface area contributed by atoms with E-state index < -0.39 is 12.1 Å². The van der Waals surface area contributed by atoms with Crippen molar-refractivity contribution in [2.75, 3.05) is 26.9 Å². The SMILES string of the molecule is COc1ccc(OCCOC(=O)C2COc3ccccc3O2)cc1. The fraction of sp³-hybridized carbons (Fsp3) is 0.278. The number of carbonyl (C=O) groups excluding carboxylic acids is 1. The topological polar surface area (TPSA) is 63.2 Å². The Morgan fingerprint density at radius 2 is 1.75 bits per heavy atom. The summed E-state index contributed by atoms with van der Waals surface area (Å²) in [7, 11) is 1.60. The normalized spacial score (nSPS) is 15.5. The maximum absolute atomic E-state index is 12.0. The van der Waals surface area contributed by atoms with Gasteiger partial charge in [-0.05, 0) is 36.4 Å². The minimum absolute atomic E-state index is 0.131. The first-order valence-electron chi connectivity index (χ1n) is 7.58. The van der Waals surface area contributed by atoms with Gasteiger partial charge < -0.3 is 23.7 Å². The Hall–Kier alpha value is -2.89. The van der Waals surface area contributed by atoms with Gasteiger partial charge in [-0.1, -0.05) is 12.1 Å². The summed E-state index contributed by atoms with van der Waals surface area (Å²) in [6, 6.07) is 14.4. The van der Waals surface area contributed by atoms with Crippen LogP contribution in [-0.4, -0.2) is 39.0 Å². The molecule has 0 amide bonds. The molecule has 0 saturated heterocycles. The molecule has 1 unspecified atom stereocenters. The lowest BCUT2D eigenvalue weighted by molar-refractivity contribution is -0.155. The van der Waals surface area contributed by atoms with Crippen molar-refractivity contribution >= 4 is 5.97 Å². The minimum Gasteiger partial charge on any atom is -0.497 e. The van der Waals surface area contributed by atoms with Crippen LogP contribution in [0.3, 0.4) is 0 Å². The summed E-state index contributed by atoms with van der Waals surface area (Å²) in [5.41, 5.74) is 0. The molecule has 0 spiro atoms. The van der Waals surface area contributed by atoms with E-state index in [1.165, 1.54) is 0 Å². The molecule has 1 aliphatic rings. The highest BCUT2D eigenvalue weighted by Crippen LogP contribution is 2.31. The predicted molar refractivity (Wildman–Crippen MR) is 85.8 cm³/mol. The summed E-state index contributed by atoms with van der Waals surface area (Å²) < 4.78 is 26.8. The summed E-state index contributed by atoms with van der Waals surface area (Å²) in [6.45, 7) is 0.518. The molecular weight excluding hydrogens is 312 g/mol. The van der Waals surface area contributed by atoms with Gasteiger partial charge in [0.05, 0.1) is 7.11 Å². The van der Waals surface area contributed by atoms with E-state index in [2.05, 4.69) is 0 Å². The zero-order valence-corrected chi connectivity index (χ0v) is 13.3. The summed E-state index contributed by atoms with van der Waals surface area (Å²) >= 11 is 0. The van der Waals surface area contributed by atoms with E-state index in [0.717, 1.165) is 5.75 Å². The van der Waals surface area contributed by atoms with Crippen molar-refractivity contribution in [2.24, 2.45) is 0 Å². The summed E-state index contributed by atoms with van der Waals surface area (Å²) in [6.07, 6.45) is -0.763. The highest BCUT2D eigenvalue weighted by molar-refractivity contribution is 5.76. The molecule has 1 aliphatic heterocycles. The van der Waals surface area contributed by atoms with E-state index in [1.807, 2.05) is 12.1 Å². The van der Waals surface area contributed by atoms with Gasteiger partial charge in [0.1, 0.15) is 31.3 Å². The quantitative estimate of drug-likeness (QED) is 0.599. The van der Waals surface area contributed by atoms with E-state index in [1.54, 1.807) is 43.5 Å². The first-order chi connectivity index (χ1) is 11.8. The first kappa shape index (κ1) is 16.0. The van der Waals surface area contributed by atoms with Gasteiger partial charge in [0, 0.05) is 0 Å². The van der Waals surface area contributed by atoms with Gasteiger partial charge in [-0.2, -0.15) is 0 Å². The number of para-hydroxylation sites is 2. The maximum Gasteiger partial charge on any atom is 0.351 e. The molecule has 6 nitrogen and oxygen atoms in total. The van der Waals surface area contributed by atoms with Crippen LogP contribution in [0.15, 0.2) is 48.5 Å². The van der Waals surface area contributed by atoms with Gasteiger partial charge in [0.25, 0.3) is 0 Å². The van der Waals surface area contributed by atoms with Crippen LogP contribution in [-0.2, 0) is 9.53 Å². The van der Waals surface area contributed by atoms with Crippen molar-refractivity contribution in [2.45, 2.75) is 6.10 Å². The van der Waals surface area contributed by atoms with Crippen molar-refractivity contribution < 1.29 is 28.5 Å². The van der Waals surface area contributed by atoms with Gasteiger partial charge in [0.15, 0.2) is 11.5 Å². The second kappa shape index (κ2) is 7.59. The number of methoxy groups -OCH3 is 1. The number of esters is 1. The Morgan fingerprint density at radius 1 is 1.04 bits per heavy atom. The average Bonchev–Trinajstić information content (AvgIpc) is 2.65. The van der Waals surface area contributed by atoms with Gasteiger partial charge in [-0.3, -0.25) is 0 Å². The second-order valence-corrected chi connectivity index (χ2v) is 5.06. The molecule has 24 heavy (non-hydrogen) atoms. The summed E-state index contributed by atoms with van der Waals surface area (Å²) in [4.78, 5) is 12.0. The van der Waals surface area contributed by atoms with Crippen molar-refractivity contribution in [1.82, 2.24) is 0 Å². The number of hydrogen-bond acceptors (Lipinski definition) is 6. The summed E-state index contributed by atoms with van der Waals surface area (Å²) in [5, 5.41) is 0. The highest BCUT2D eigenvalue weighted by Gasteiger charge is 2.28. The van der Waals surface area contributed by atoms with Gasteiger partial charge in [-0.15, -0.1) is 0 Å². The van der Waals surface area contributed by atoms with Crippen LogP contribution < -0.4 is 18.9 Å². The number of fused-ring (bicyclic) bond motifs is 1. The van der Waals surface area contributed by atoms with Crippen LogP contribution >= 0.6 is 0 Å². The van der Waals surface area contributed by atoms with Crippen LogP contribution in [0.25, 0.3) is 0 Å². The first-order valence-corrected chi connectivity index (χ1v) is 7.58. The lowest BCUT2D eigenvalue weighted by Crippen LogP contribution is -2.38. The fourth-order valence-electron chi connectivity index (χ4n) is 2.20. The lowest BCUT2D eigenvalue weighted by atomic mass is 10.2. The fourth-order valence-corrected chi connectivity index (χ4v) is 2.20. The molecule has 0 radical (unpaired) electrons. The van der Waals surface area contributed by atoms with Crippen LogP contribution in [0.1, 0.15) is 0 Å².